The van der Waals surface area contributed by atoms with E-state index in [-0.39, 0.29) is 11.8 Å². The highest BCUT2D eigenvalue weighted by atomic mass is 19.3. The summed E-state index contributed by atoms with van der Waals surface area (Å²) in [6.07, 6.45) is 5.43. The van der Waals surface area contributed by atoms with Crippen molar-refractivity contribution in [3.63, 3.8) is 0 Å². The van der Waals surface area contributed by atoms with Gasteiger partial charge in [-0.1, -0.05) is 12.1 Å². The maximum absolute atomic E-state index is 12.0. The van der Waals surface area contributed by atoms with Crippen molar-refractivity contribution in [2.24, 2.45) is 0 Å². The molecule has 1 atom stereocenters. The first-order valence-electron chi connectivity index (χ1n) is 6.36. The van der Waals surface area contributed by atoms with E-state index in [4.69, 9.17) is 0 Å². The van der Waals surface area contributed by atoms with Crippen LogP contribution in [0.5, 0.6) is 5.75 Å². The van der Waals surface area contributed by atoms with E-state index in [1.807, 2.05) is 10.8 Å². The molecule has 2 aromatic rings. The smallest absolute Gasteiger partial charge is 0.387 e. The van der Waals surface area contributed by atoms with Gasteiger partial charge < -0.3 is 14.6 Å². The molecule has 1 unspecified atom stereocenters. The highest BCUT2D eigenvalue weighted by Crippen LogP contribution is 2.14. The Balaban J connectivity index is 1.78. The molecule has 0 fully saturated rings. The highest BCUT2D eigenvalue weighted by molar-refractivity contribution is 5.27. The molecule has 1 heterocycles. The van der Waals surface area contributed by atoms with Gasteiger partial charge >= 0.3 is 6.61 Å². The summed E-state index contributed by atoms with van der Waals surface area (Å²) in [5.74, 6) is 0.176. The molecule has 1 aromatic carbocycles. The number of ether oxygens (including phenoxy) is 1. The molecule has 0 aliphatic heterocycles. The first-order chi connectivity index (χ1) is 9.63. The van der Waals surface area contributed by atoms with Gasteiger partial charge in [0.25, 0.3) is 0 Å². The zero-order valence-electron chi connectivity index (χ0n) is 11.2. The summed E-state index contributed by atoms with van der Waals surface area (Å²) in [6.45, 7) is 0.792. The third-order valence-corrected chi connectivity index (χ3v) is 2.85. The maximum Gasteiger partial charge on any atom is 0.387 e. The number of benzene rings is 1. The van der Waals surface area contributed by atoms with Crippen LogP contribution in [0.1, 0.15) is 12.5 Å². The Labute approximate surface area is 116 Å². The van der Waals surface area contributed by atoms with Gasteiger partial charge in [0.2, 0.25) is 0 Å². The Morgan fingerprint density at radius 3 is 2.65 bits per heavy atom. The molecule has 6 heteroatoms. The molecule has 2 rings (SSSR count). The molecule has 20 heavy (non-hydrogen) atoms. The van der Waals surface area contributed by atoms with Crippen molar-refractivity contribution in [2.75, 3.05) is 0 Å². The van der Waals surface area contributed by atoms with Crippen LogP contribution in [0.15, 0.2) is 43.0 Å². The van der Waals surface area contributed by atoms with E-state index in [0.29, 0.717) is 6.54 Å². The second-order valence-corrected chi connectivity index (χ2v) is 4.56. The molecule has 0 radical (unpaired) electrons. The van der Waals surface area contributed by atoms with Crippen LogP contribution in [-0.4, -0.2) is 22.2 Å². The van der Waals surface area contributed by atoms with Crippen LogP contribution in [0, 0.1) is 0 Å². The van der Waals surface area contributed by atoms with Crippen molar-refractivity contribution in [3.8, 4) is 5.75 Å². The minimum absolute atomic E-state index is 0.176. The molecular formula is C14H17F2N3O. The van der Waals surface area contributed by atoms with Gasteiger partial charge in [0.05, 0.1) is 6.33 Å². The van der Waals surface area contributed by atoms with Crippen molar-refractivity contribution in [3.05, 3.63) is 48.5 Å². The van der Waals surface area contributed by atoms with E-state index in [9.17, 15) is 8.78 Å². The molecule has 0 aliphatic rings. The van der Waals surface area contributed by atoms with E-state index in [1.165, 1.54) is 0 Å². The van der Waals surface area contributed by atoms with Crippen LogP contribution in [0.2, 0.25) is 0 Å². The molecule has 1 N–H and O–H groups in total. The summed E-state index contributed by atoms with van der Waals surface area (Å²) >= 11 is 0. The molecule has 4 nitrogen and oxygen atoms in total. The second-order valence-electron chi connectivity index (χ2n) is 4.56. The van der Waals surface area contributed by atoms with Crippen molar-refractivity contribution < 1.29 is 13.5 Å². The summed E-state index contributed by atoms with van der Waals surface area (Å²) in [7, 11) is 0. The molecule has 0 saturated heterocycles. The van der Waals surface area contributed by atoms with Crippen LogP contribution in [0.4, 0.5) is 8.78 Å². The number of rotatable bonds is 7. The lowest BCUT2D eigenvalue weighted by atomic mass is 10.2. The lowest BCUT2D eigenvalue weighted by Gasteiger charge is -2.14. The number of alkyl halides is 2. The Bertz CT molecular complexity index is 500. The third kappa shape index (κ3) is 4.62. The van der Waals surface area contributed by atoms with Crippen LogP contribution in [0.3, 0.4) is 0 Å². The van der Waals surface area contributed by atoms with Gasteiger partial charge in [-0.2, -0.15) is 8.78 Å². The quantitative estimate of drug-likeness (QED) is 0.848. The van der Waals surface area contributed by atoms with Gasteiger partial charge in [-0.3, -0.25) is 0 Å². The van der Waals surface area contributed by atoms with E-state index in [2.05, 4.69) is 22.0 Å². The predicted octanol–water partition coefficient (Wildman–Crippen LogP) is 2.66. The summed E-state index contributed by atoms with van der Waals surface area (Å²) in [5, 5.41) is 3.36. The molecule has 0 spiro atoms. The van der Waals surface area contributed by atoms with Gasteiger partial charge in [-0.15, -0.1) is 0 Å². The summed E-state index contributed by atoms with van der Waals surface area (Å²) < 4.78 is 30.3. The number of imidazole rings is 1. The summed E-state index contributed by atoms with van der Waals surface area (Å²) in [4.78, 5) is 3.99. The molecule has 0 bridgehead atoms. The lowest BCUT2D eigenvalue weighted by Crippen LogP contribution is -2.29. The van der Waals surface area contributed by atoms with Gasteiger partial charge in [0.15, 0.2) is 0 Å². The fourth-order valence-corrected chi connectivity index (χ4v) is 1.86. The second kappa shape index (κ2) is 7.00. The topological polar surface area (TPSA) is 39.1 Å². The lowest BCUT2D eigenvalue weighted by molar-refractivity contribution is -0.0498. The van der Waals surface area contributed by atoms with Crippen LogP contribution in [-0.2, 0) is 13.1 Å². The van der Waals surface area contributed by atoms with Gasteiger partial charge in [-0.25, -0.2) is 4.98 Å². The first-order valence-corrected chi connectivity index (χ1v) is 6.36. The van der Waals surface area contributed by atoms with Crippen molar-refractivity contribution in [1.82, 2.24) is 14.9 Å². The monoisotopic (exact) mass is 281 g/mol. The predicted molar refractivity (Wildman–Crippen MR) is 71.6 cm³/mol. The van der Waals surface area contributed by atoms with Gasteiger partial charge in [0.1, 0.15) is 5.75 Å². The van der Waals surface area contributed by atoms with Crippen molar-refractivity contribution in [2.45, 2.75) is 32.7 Å². The Morgan fingerprint density at radius 1 is 1.30 bits per heavy atom. The fraction of sp³-hybridized carbons (Fsp3) is 0.357. The number of halogens is 2. The zero-order chi connectivity index (χ0) is 14.4. The van der Waals surface area contributed by atoms with E-state index in [0.717, 1.165) is 12.1 Å². The van der Waals surface area contributed by atoms with E-state index in [1.54, 1.807) is 36.8 Å². The largest absolute Gasteiger partial charge is 0.435 e. The van der Waals surface area contributed by atoms with Crippen LogP contribution in [0.25, 0.3) is 0 Å². The molecule has 0 saturated carbocycles. The number of hydrogen-bond donors (Lipinski definition) is 1. The molecule has 0 aliphatic carbocycles. The van der Waals surface area contributed by atoms with Crippen LogP contribution < -0.4 is 10.1 Å². The SMILES string of the molecule is CC(Cn1ccnc1)NCc1ccc(OC(F)F)cc1. The van der Waals surface area contributed by atoms with E-state index >= 15 is 0 Å². The standard InChI is InChI=1S/C14H17F2N3O/c1-11(9-19-7-6-17-10-19)18-8-12-2-4-13(5-3-12)20-14(15)16/h2-7,10-11,14,18H,8-9H2,1H3. The molecular weight excluding hydrogens is 264 g/mol. The fourth-order valence-electron chi connectivity index (χ4n) is 1.86. The average molecular weight is 281 g/mol. The average Bonchev–Trinajstić information content (AvgIpc) is 2.90. The van der Waals surface area contributed by atoms with Crippen LogP contribution >= 0.6 is 0 Å². The van der Waals surface area contributed by atoms with Gasteiger partial charge in [0, 0.05) is 31.5 Å². The Hall–Kier alpha value is -1.95. The normalized spacial score (nSPS) is 12.6. The first kappa shape index (κ1) is 14.5. The third-order valence-electron chi connectivity index (χ3n) is 2.85. The number of nitrogens with one attached hydrogen (secondary N) is 1. The van der Waals surface area contributed by atoms with Crippen molar-refractivity contribution in [1.29, 1.82) is 0 Å². The Kier molecular flexibility index (Phi) is 5.06. The van der Waals surface area contributed by atoms with Crippen molar-refractivity contribution >= 4 is 0 Å². The molecule has 0 amide bonds. The minimum atomic E-state index is -2.78. The maximum atomic E-state index is 12.0. The number of aromatic nitrogens is 2. The summed E-state index contributed by atoms with van der Waals surface area (Å²) in [5.41, 5.74) is 1.02. The number of nitrogens with zero attached hydrogens (tertiary/aromatic N) is 2. The zero-order valence-corrected chi connectivity index (χ0v) is 11.2. The van der Waals surface area contributed by atoms with Gasteiger partial charge in [-0.05, 0) is 24.6 Å². The summed E-state index contributed by atoms with van der Waals surface area (Å²) in [6, 6.07) is 6.91. The molecule has 1 aromatic heterocycles. The highest BCUT2D eigenvalue weighted by Gasteiger charge is 2.05. The number of hydrogen-bond acceptors (Lipinski definition) is 3. The Morgan fingerprint density at radius 2 is 2.05 bits per heavy atom. The van der Waals surface area contributed by atoms with E-state index < -0.39 is 6.61 Å². The minimum Gasteiger partial charge on any atom is -0.435 e. The molecule has 108 valence electrons.